The zero-order chi connectivity index (χ0) is 6.99. The van der Waals surface area contributed by atoms with Gasteiger partial charge >= 0.3 is 29.6 Å². The van der Waals surface area contributed by atoms with Gasteiger partial charge in [-0.15, -0.1) is 6.61 Å². The predicted octanol–water partition coefficient (Wildman–Crippen LogP) is -4.60. The number of rotatable bonds is 1. The third-order valence-corrected chi connectivity index (χ3v) is 0.118. The molecule has 50 valence electrons. The summed E-state index contributed by atoms with van der Waals surface area (Å²) in [4.78, 5) is 9.00. The number of nitrogens with two attached hydrogens (primary N) is 1. The summed E-state index contributed by atoms with van der Waals surface area (Å²) in [5.74, 6) is -0.833. The fourth-order valence-corrected chi connectivity index (χ4v) is 0. The second-order valence-electron chi connectivity index (χ2n) is 1.01. The summed E-state index contributed by atoms with van der Waals surface area (Å²) in [6.45, 7) is 1.19. The van der Waals surface area contributed by atoms with Crippen LogP contribution < -0.4 is 40.4 Å². The smallest absolute Gasteiger partial charge is 0.854 e. The zero-order valence-corrected chi connectivity index (χ0v) is 7.76. The first-order valence-corrected chi connectivity index (χ1v) is 2.12. The first kappa shape index (κ1) is 16.2. The van der Waals surface area contributed by atoms with Gasteiger partial charge in [-0.3, -0.25) is 4.79 Å². The Balaban J connectivity index is -0.0000000720. The van der Waals surface area contributed by atoms with Gasteiger partial charge in [0.25, 0.3) is 5.97 Å². The van der Waals surface area contributed by atoms with E-state index in [0.29, 0.717) is 0 Å². The van der Waals surface area contributed by atoms with Crippen molar-refractivity contribution in [1.82, 2.24) is 0 Å². The Morgan fingerprint density at radius 3 is 1.89 bits per heavy atom. The fourth-order valence-electron chi connectivity index (χ4n) is 0. The molecule has 0 aromatic carbocycles. The van der Waals surface area contributed by atoms with Crippen molar-refractivity contribution in [1.29, 1.82) is 0 Å². The van der Waals surface area contributed by atoms with Crippen molar-refractivity contribution >= 4 is 5.97 Å². The van der Waals surface area contributed by atoms with Crippen LogP contribution in [0.2, 0.25) is 0 Å². The van der Waals surface area contributed by atoms with Crippen LogP contribution in [0.4, 0.5) is 0 Å². The Hall–Kier alpha value is 0.390. The number of carbonyl (C=O) groups is 1. The molecule has 0 fully saturated rings. The maximum absolute atomic E-state index is 9.17. The quantitative estimate of drug-likeness (QED) is 0.362. The van der Waals surface area contributed by atoms with Gasteiger partial charge in [-0.1, -0.05) is 0 Å². The van der Waals surface area contributed by atoms with Crippen molar-refractivity contribution in [3.05, 3.63) is 0 Å². The average Bonchev–Trinajstić information content (AvgIpc) is 1.65. The second-order valence-corrected chi connectivity index (χ2v) is 1.01. The fraction of sp³-hybridized carbons (Fsp3) is 0.750. The van der Waals surface area contributed by atoms with E-state index in [-0.39, 0.29) is 42.7 Å². The van der Waals surface area contributed by atoms with E-state index >= 15 is 0 Å². The summed E-state index contributed by atoms with van der Waals surface area (Å²) < 4.78 is 0. The molecule has 0 amide bonds. The molecule has 4 nitrogen and oxygen atoms in total. The molecule has 0 saturated carbocycles. The van der Waals surface area contributed by atoms with Crippen molar-refractivity contribution in [2.45, 2.75) is 6.92 Å². The first-order valence-electron chi connectivity index (χ1n) is 2.12. The Bertz CT molecular complexity index is 53.8. The molecule has 0 aliphatic carbocycles. The summed E-state index contributed by atoms with van der Waals surface area (Å²) in [6.07, 6.45) is 0. The molecule has 0 atom stereocenters. The molecule has 0 spiro atoms. The van der Waals surface area contributed by atoms with E-state index in [4.69, 9.17) is 15.6 Å². The van der Waals surface area contributed by atoms with E-state index in [9.17, 15) is 5.11 Å². The minimum Gasteiger partial charge on any atom is -0.854 e. The predicted molar refractivity (Wildman–Crippen MR) is 27.2 cm³/mol. The number of hydrogen-bond donors (Lipinski definition) is 2. The third kappa shape index (κ3) is 177. The minimum absolute atomic E-state index is 0. The normalized spacial score (nSPS) is 6.11. The Morgan fingerprint density at radius 2 is 1.89 bits per heavy atom. The number of carboxylic acids is 1. The van der Waals surface area contributed by atoms with Crippen LogP contribution in [0.15, 0.2) is 0 Å². The van der Waals surface area contributed by atoms with Gasteiger partial charge in [0, 0.05) is 6.92 Å². The Labute approximate surface area is 76.3 Å². The summed E-state index contributed by atoms with van der Waals surface area (Å²) in [7, 11) is 0. The molecular weight excluding hydrogens is 133 g/mol. The molecule has 0 aliphatic rings. The van der Waals surface area contributed by atoms with Crippen LogP contribution >= 0.6 is 0 Å². The van der Waals surface area contributed by atoms with Crippen LogP contribution in [0.3, 0.4) is 0 Å². The van der Waals surface area contributed by atoms with E-state index in [0.717, 1.165) is 6.92 Å². The topological polar surface area (TPSA) is 86.4 Å². The van der Waals surface area contributed by atoms with Gasteiger partial charge in [-0.2, -0.15) is 0 Å². The minimum atomic E-state index is -0.833. The first-order chi connectivity index (χ1) is 3.65. The van der Waals surface area contributed by atoms with E-state index in [1.807, 2.05) is 0 Å². The van der Waals surface area contributed by atoms with Crippen LogP contribution in [-0.4, -0.2) is 24.2 Å². The molecule has 0 heterocycles. The van der Waals surface area contributed by atoms with E-state index in [1.54, 1.807) is 0 Å². The average molecular weight is 143 g/mol. The van der Waals surface area contributed by atoms with Gasteiger partial charge in [0.2, 0.25) is 0 Å². The van der Waals surface area contributed by atoms with Crippen molar-refractivity contribution in [2.75, 3.05) is 13.2 Å². The summed E-state index contributed by atoms with van der Waals surface area (Å²) in [6, 6.07) is 0. The van der Waals surface area contributed by atoms with Crippen molar-refractivity contribution in [3.63, 3.8) is 0 Å². The molecule has 0 radical (unpaired) electrons. The van der Waals surface area contributed by atoms with Crippen LogP contribution in [0.5, 0.6) is 0 Å². The standard InChI is InChI=1S/C2H6NO.C2H4O2.Na/c3-1-2-4;1-2(3)4;/h1-3H2;1H3,(H,3,4);/q-1;;+1. The molecule has 0 bridgehead atoms. The van der Waals surface area contributed by atoms with Gasteiger partial charge in [0.15, 0.2) is 0 Å². The SMILES string of the molecule is CC(=O)O.NCC[O-].[Na+]. The van der Waals surface area contributed by atoms with Crippen LogP contribution in [-0.2, 0) is 4.79 Å². The summed E-state index contributed by atoms with van der Waals surface area (Å²) in [5.41, 5.74) is 4.72. The molecule has 0 unspecified atom stereocenters. The number of carboxylic acid groups (broad SMARTS) is 1. The molecule has 9 heavy (non-hydrogen) atoms. The van der Waals surface area contributed by atoms with Gasteiger partial charge < -0.3 is 15.9 Å². The van der Waals surface area contributed by atoms with Crippen LogP contribution in [0.1, 0.15) is 6.92 Å². The molecule has 5 heteroatoms. The maximum Gasteiger partial charge on any atom is 1.00 e. The molecule has 3 N–H and O–H groups in total. The molecule has 0 aliphatic heterocycles. The molecule has 0 aromatic heterocycles. The van der Waals surface area contributed by atoms with Crippen LogP contribution in [0.25, 0.3) is 0 Å². The molecular formula is C4H10NNaO3. The van der Waals surface area contributed by atoms with Gasteiger partial charge in [-0.25, -0.2) is 0 Å². The molecule has 0 rings (SSSR count). The van der Waals surface area contributed by atoms with Crippen LogP contribution in [0, 0.1) is 0 Å². The number of hydrogen-bond acceptors (Lipinski definition) is 3. The van der Waals surface area contributed by atoms with Gasteiger partial charge in [0.05, 0.1) is 0 Å². The monoisotopic (exact) mass is 143 g/mol. The van der Waals surface area contributed by atoms with E-state index in [1.165, 1.54) is 0 Å². The van der Waals surface area contributed by atoms with Gasteiger partial charge in [-0.05, 0) is 6.54 Å². The Kier molecular flexibility index (Phi) is 28.4. The van der Waals surface area contributed by atoms with Crippen molar-refractivity contribution in [2.24, 2.45) is 5.73 Å². The van der Waals surface area contributed by atoms with Gasteiger partial charge in [0.1, 0.15) is 0 Å². The van der Waals surface area contributed by atoms with E-state index in [2.05, 4.69) is 0 Å². The van der Waals surface area contributed by atoms with Crippen molar-refractivity contribution in [3.8, 4) is 0 Å². The van der Waals surface area contributed by atoms with Crippen molar-refractivity contribution < 1.29 is 44.6 Å². The molecule has 0 saturated heterocycles. The summed E-state index contributed by atoms with van der Waals surface area (Å²) in [5, 5.41) is 16.6. The Morgan fingerprint density at radius 1 is 1.78 bits per heavy atom. The summed E-state index contributed by atoms with van der Waals surface area (Å²) >= 11 is 0. The zero-order valence-electron chi connectivity index (χ0n) is 5.76. The molecule has 0 aromatic rings. The second kappa shape index (κ2) is 15.8. The largest absolute Gasteiger partial charge is 1.00 e. The third-order valence-electron chi connectivity index (χ3n) is 0.118. The number of aliphatic carboxylic acids is 1. The maximum atomic E-state index is 9.17. The van der Waals surface area contributed by atoms with E-state index < -0.39 is 5.97 Å².